The molecule has 3 unspecified atom stereocenters. The monoisotopic (exact) mass is 348 g/mol. The zero-order valence-corrected chi connectivity index (χ0v) is 15.4. The van der Waals surface area contributed by atoms with Crippen LogP contribution in [0, 0.1) is 0 Å². The number of rotatable bonds is 5. The number of quaternary nitrogens is 1. The third-order valence-electron chi connectivity index (χ3n) is 6.65. The molecule has 2 aliphatic rings. The molecule has 0 amide bonds. The van der Waals surface area contributed by atoms with E-state index in [1.807, 2.05) is 0 Å². The van der Waals surface area contributed by atoms with E-state index in [0.29, 0.717) is 23.7 Å². The van der Waals surface area contributed by atoms with Gasteiger partial charge in [0.1, 0.15) is 17.8 Å². The Bertz CT molecular complexity index is 616. The highest BCUT2D eigenvalue weighted by Crippen LogP contribution is 2.44. The highest BCUT2D eigenvalue weighted by atomic mass is 16.5. The van der Waals surface area contributed by atoms with Gasteiger partial charge in [0.15, 0.2) is 0 Å². The van der Waals surface area contributed by atoms with Crippen LogP contribution in [0.2, 0.25) is 0 Å². The minimum absolute atomic E-state index is 0.0197. The Hall–Kier alpha value is -1.59. The summed E-state index contributed by atoms with van der Waals surface area (Å²) in [7, 11) is 2.34. The van der Waals surface area contributed by atoms with Gasteiger partial charge in [-0.25, -0.2) is 0 Å². The molecular weight excluding hydrogens is 318 g/mol. The van der Waals surface area contributed by atoms with Crippen molar-refractivity contribution in [1.29, 1.82) is 0 Å². The molecule has 0 aromatic heterocycles. The van der Waals surface area contributed by atoms with Crippen LogP contribution >= 0.6 is 0 Å². The molecule has 3 rings (SSSR count). The second kappa shape index (κ2) is 6.96. The first kappa shape index (κ1) is 18.2. The third-order valence-corrected chi connectivity index (χ3v) is 6.65. The number of nitrogens with zero attached hydrogens (tertiary/aromatic N) is 1. The Kier molecular flexibility index (Phi) is 5.07. The molecule has 25 heavy (non-hydrogen) atoms. The minimum atomic E-state index is -0.827. The minimum Gasteiger partial charge on any atom is -0.508 e. The van der Waals surface area contributed by atoms with Gasteiger partial charge in [-0.2, -0.15) is 0 Å². The predicted molar refractivity (Wildman–Crippen MR) is 95.2 cm³/mol. The number of hydrogen-bond acceptors (Lipinski definition) is 4. The van der Waals surface area contributed by atoms with Gasteiger partial charge >= 0.3 is 5.97 Å². The molecule has 2 bridgehead atoms. The van der Waals surface area contributed by atoms with E-state index in [0.717, 1.165) is 17.3 Å². The molecule has 1 aromatic rings. The molecule has 138 valence electrons. The van der Waals surface area contributed by atoms with Crippen molar-refractivity contribution in [2.45, 2.75) is 69.7 Å². The molecule has 0 aliphatic carbocycles. The first-order valence-corrected chi connectivity index (χ1v) is 9.32. The number of piperidine rings is 1. The van der Waals surface area contributed by atoms with Crippen molar-refractivity contribution >= 4 is 5.97 Å². The standard InChI is InChI=1S/C20H29NO4/c1-13(2)21(3)14-8-9-15(21)11-16(10-14)25-20(24)18(12-22)17-6-4-5-7-19(17)23/h4-7,13-16,18,22H,8-12H2,1-3H3/p+1/t14-,15+,16?,18?,21?. The van der Waals surface area contributed by atoms with E-state index >= 15 is 0 Å². The summed E-state index contributed by atoms with van der Waals surface area (Å²) < 4.78 is 6.87. The van der Waals surface area contributed by atoms with E-state index in [1.54, 1.807) is 18.2 Å². The lowest BCUT2D eigenvalue weighted by atomic mass is 9.94. The van der Waals surface area contributed by atoms with Gasteiger partial charge < -0.3 is 19.4 Å². The lowest BCUT2D eigenvalue weighted by molar-refractivity contribution is -0.968. The van der Waals surface area contributed by atoms with Crippen LogP contribution in [0.1, 0.15) is 51.0 Å². The maximum atomic E-state index is 12.6. The van der Waals surface area contributed by atoms with Crippen molar-refractivity contribution in [2.24, 2.45) is 0 Å². The van der Waals surface area contributed by atoms with E-state index in [2.05, 4.69) is 20.9 Å². The molecule has 2 heterocycles. The summed E-state index contributed by atoms with van der Waals surface area (Å²) in [5.74, 6) is -1.24. The highest BCUT2D eigenvalue weighted by molar-refractivity contribution is 5.79. The van der Waals surface area contributed by atoms with Crippen molar-refractivity contribution in [1.82, 2.24) is 0 Å². The molecular formula is C20H30NO4+. The van der Waals surface area contributed by atoms with E-state index in [4.69, 9.17) is 4.74 Å². The van der Waals surface area contributed by atoms with Crippen LogP contribution in [0.25, 0.3) is 0 Å². The Labute approximate surface area is 149 Å². The van der Waals surface area contributed by atoms with Crippen LogP contribution in [-0.4, -0.2) is 58.5 Å². The average Bonchev–Trinajstić information content (AvgIpc) is 2.75. The van der Waals surface area contributed by atoms with Gasteiger partial charge in [-0.15, -0.1) is 0 Å². The second-order valence-electron chi connectivity index (χ2n) is 8.02. The molecule has 2 saturated heterocycles. The smallest absolute Gasteiger partial charge is 0.316 e. The first-order chi connectivity index (χ1) is 11.9. The van der Waals surface area contributed by atoms with Crippen molar-refractivity contribution in [3.8, 4) is 5.75 Å². The number of phenols is 1. The number of para-hydroxylation sites is 1. The summed E-state index contributed by atoms with van der Waals surface area (Å²) in [6.45, 7) is 4.19. The lowest BCUT2D eigenvalue weighted by Crippen LogP contribution is -2.62. The number of aliphatic hydroxyl groups is 1. The fraction of sp³-hybridized carbons (Fsp3) is 0.650. The van der Waals surface area contributed by atoms with Gasteiger partial charge in [-0.1, -0.05) is 18.2 Å². The number of hydrogen-bond donors (Lipinski definition) is 2. The van der Waals surface area contributed by atoms with Crippen molar-refractivity contribution in [2.75, 3.05) is 13.7 Å². The number of carbonyl (C=O) groups is 1. The Balaban J connectivity index is 1.69. The fourth-order valence-electron chi connectivity index (χ4n) is 4.90. The molecule has 5 atom stereocenters. The number of carbonyl (C=O) groups excluding carboxylic acids is 1. The topological polar surface area (TPSA) is 66.8 Å². The molecule has 0 spiro atoms. The van der Waals surface area contributed by atoms with Crippen molar-refractivity contribution in [3.63, 3.8) is 0 Å². The Morgan fingerprint density at radius 2 is 1.84 bits per heavy atom. The number of fused-ring (bicyclic) bond motifs is 2. The lowest BCUT2D eigenvalue weighted by Gasteiger charge is -2.49. The molecule has 2 aliphatic heterocycles. The predicted octanol–water partition coefficient (Wildman–Crippen LogP) is 2.56. The SMILES string of the molecule is CC(C)[N+]1(C)[C@@H]2CC[C@H]1CC(OC(=O)C(CO)c1ccccc1O)C2. The third kappa shape index (κ3) is 3.15. The summed E-state index contributed by atoms with van der Waals surface area (Å²) in [5.41, 5.74) is 0.427. The maximum absolute atomic E-state index is 12.6. The number of esters is 1. The molecule has 5 nitrogen and oxygen atoms in total. The van der Waals surface area contributed by atoms with Crippen molar-refractivity contribution < 1.29 is 24.2 Å². The van der Waals surface area contributed by atoms with Crippen LogP contribution in [-0.2, 0) is 9.53 Å². The van der Waals surface area contributed by atoms with Gasteiger partial charge in [0.25, 0.3) is 0 Å². The number of aliphatic hydroxyl groups excluding tert-OH is 1. The fourth-order valence-corrected chi connectivity index (χ4v) is 4.90. The number of phenolic OH excluding ortho intramolecular Hbond substituents is 1. The average molecular weight is 348 g/mol. The van der Waals surface area contributed by atoms with Crippen LogP contribution < -0.4 is 0 Å². The maximum Gasteiger partial charge on any atom is 0.316 e. The Morgan fingerprint density at radius 1 is 1.24 bits per heavy atom. The van der Waals surface area contributed by atoms with Crippen LogP contribution in [0.4, 0.5) is 0 Å². The zero-order chi connectivity index (χ0) is 18.2. The summed E-state index contributed by atoms with van der Waals surface area (Å²) >= 11 is 0. The van der Waals surface area contributed by atoms with Crippen molar-refractivity contribution in [3.05, 3.63) is 29.8 Å². The van der Waals surface area contributed by atoms with Gasteiger partial charge in [0, 0.05) is 31.2 Å². The highest BCUT2D eigenvalue weighted by Gasteiger charge is 2.53. The summed E-state index contributed by atoms with van der Waals surface area (Å²) in [5, 5.41) is 19.6. The molecule has 0 saturated carbocycles. The number of benzene rings is 1. The zero-order valence-electron chi connectivity index (χ0n) is 15.4. The number of ether oxygens (including phenoxy) is 1. The molecule has 2 N–H and O–H groups in total. The largest absolute Gasteiger partial charge is 0.508 e. The normalized spacial score (nSPS) is 32.6. The van der Waals surface area contributed by atoms with Crippen LogP contribution in [0.3, 0.4) is 0 Å². The van der Waals surface area contributed by atoms with Gasteiger partial charge in [-0.05, 0) is 19.9 Å². The van der Waals surface area contributed by atoms with E-state index in [-0.39, 0.29) is 18.5 Å². The van der Waals surface area contributed by atoms with Gasteiger partial charge in [0.05, 0.1) is 31.8 Å². The quantitative estimate of drug-likeness (QED) is 0.634. The van der Waals surface area contributed by atoms with Gasteiger partial charge in [0.2, 0.25) is 0 Å². The first-order valence-electron chi connectivity index (χ1n) is 9.32. The second-order valence-corrected chi connectivity index (χ2v) is 8.02. The van der Waals surface area contributed by atoms with Crippen LogP contribution in [0.5, 0.6) is 5.75 Å². The molecule has 0 radical (unpaired) electrons. The summed E-state index contributed by atoms with van der Waals surface area (Å²) in [6, 6.07) is 8.27. The molecule has 1 aromatic carbocycles. The van der Waals surface area contributed by atoms with Crippen LogP contribution in [0.15, 0.2) is 24.3 Å². The number of aromatic hydroxyl groups is 1. The molecule has 5 heteroatoms. The summed E-state index contributed by atoms with van der Waals surface area (Å²) in [4.78, 5) is 12.6. The van der Waals surface area contributed by atoms with E-state index in [9.17, 15) is 15.0 Å². The Morgan fingerprint density at radius 3 is 2.36 bits per heavy atom. The van der Waals surface area contributed by atoms with E-state index < -0.39 is 11.9 Å². The van der Waals surface area contributed by atoms with E-state index in [1.165, 1.54) is 18.9 Å². The van der Waals surface area contributed by atoms with Gasteiger partial charge in [-0.3, -0.25) is 4.79 Å². The molecule has 2 fully saturated rings. The summed E-state index contributed by atoms with van der Waals surface area (Å²) in [6.07, 6.45) is 4.06.